The lowest BCUT2D eigenvalue weighted by atomic mass is 9.98. The Balaban J connectivity index is 1.28. The monoisotopic (exact) mass is 447 g/mol. The lowest BCUT2D eigenvalue weighted by Crippen LogP contribution is -2.38. The van der Waals surface area contributed by atoms with Gasteiger partial charge in [0.25, 0.3) is 5.91 Å². The van der Waals surface area contributed by atoms with E-state index in [9.17, 15) is 4.79 Å². The highest BCUT2D eigenvalue weighted by molar-refractivity contribution is 5.94. The molecule has 0 radical (unpaired) electrons. The average Bonchev–Trinajstić information content (AvgIpc) is 3.63. The lowest BCUT2D eigenvalue weighted by Gasteiger charge is -2.34. The molecule has 0 aromatic carbocycles. The molecular formula is C25H33N7O. The molecule has 0 spiro atoms. The minimum atomic E-state index is -0.0154. The minimum Gasteiger partial charge on any atom is -0.356 e. The molecule has 8 nitrogen and oxygen atoms in total. The van der Waals surface area contributed by atoms with Gasteiger partial charge in [0.2, 0.25) is 0 Å². The van der Waals surface area contributed by atoms with Crippen molar-refractivity contribution in [3.63, 3.8) is 0 Å². The van der Waals surface area contributed by atoms with Gasteiger partial charge in [0.1, 0.15) is 5.82 Å². The van der Waals surface area contributed by atoms with Crippen molar-refractivity contribution in [2.75, 3.05) is 24.5 Å². The summed E-state index contributed by atoms with van der Waals surface area (Å²) in [5, 5.41) is 9.42. The molecule has 5 heterocycles. The van der Waals surface area contributed by atoms with Crippen LogP contribution in [0.4, 0.5) is 5.82 Å². The van der Waals surface area contributed by atoms with Gasteiger partial charge in [-0.15, -0.1) is 0 Å². The molecule has 33 heavy (non-hydrogen) atoms. The fraction of sp³-hybridized carbons (Fsp3) is 0.600. The van der Waals surface area contributed by atoms with Crippen LogP contribution in [0.1, 0.15) is 91.5 Å². The Hall–Kier alpha value is -2.90. The summed E-state index contributed by atoms with van der Waals surface area (Å²) in [6.45, 7) is 5.02. The maximum atomic E-state index is 13.5. The van der Waals surface area contributed by atoms with Crippen molar-refractivity contribution in [1.29, 1.82) is 0 Å². The topological polar surface area (TPSA) is 71.6 Å². The zero-order valence-corrected chi connectivity index (χ0v) is 19.5. The molecule has 8 heteroatoms. The second-order valence-corrected chi connectivity index (χ2v) is 9.97. The predicted octanol–water partition coefficient (Wildman–Crippen LogP) is 4.32. The molecule has 174 valence electrons. The number of anilines is 1. The van der Waals surface area contributed by atoms with Gasteiger partial charge in [0, 0.05) is 43.7 Å². The zero-order valence-electron chi connectivity index (χ0n) is 19.5. The Kier molecular flexibility index (Phi) is 5.31. The first-order valence-electron chi connectivity index (χ1n) is 12.6. The average molecular weight is 448 g/mol. The molecule has 1 saturated carbocycles. The fourth-order valence-corrected chi connectivity index (χ4v) is 5.90. The van der Waals surface area contributed by atoms with Crippen LogP contribution in [-0.2, 0) is 0 Å². The van der Waals surface area contributed by atoms with Gasteiger partial charge in [-0.25, -0.2) is 9.50 Å². The van der Waals surface area contributed by atoms with Gasteiger partial charge in [0.05, 0.1) is 29.5 Å². The van der Waals surface area contributed by atoms with Crippen LogP contribution in [0.3, 0.4) is 0 Å². The number of amides is 1. The van der Waals surface area contributed by atoms with Gasteiger partial charge in [-0.05, 0) is 51.9 Å². The molecule has 3 fully saturated rings. The third-order valence-corrected chi connectivity index (χ3v) is 7.68. The van der Waals surface area contributed by atoms with Crippen LogP contribution < -0.4 is 4.90 Å². The van der Waals surface area contributed by atoms with E-state index in [0.717, 1.165) is 74.5 Å². The van der Waals surface area contributed by atoms with Crippen molar-refractivity contribution in [1.82, 2.24) is 29.3 Å². The quantitative estimate of drug-likeness (QED) is 0.596. The molecule has 3 aliphatic rings. The Bertz CT molecular complexity index is 1150. The maximum Gasteiger partial charge on any atom is 0.257 e. The highest BCUT2D eigenvalue weighted by Crippen LogP contribution is 2.33. The fourth-order valence-electron chi connectivity index (χ4n) is 5.90. The smallest absolute Gasteiger partial charge is 0.257 e. The number of hydrogen-bond acceptors (Lipinski definition) is 5. The molecule has 3 aromatic rings. The molecule has 3 aromatic heterocycles. The molecule has 0 bridgehead atoms. The summed E-state index contributed by atoms with van der Waals surface area (Å²) in [4.78, 5) is 22.9. The van der Waals surface area contributed by atoms with Crippen LogP contribution in [0.25, 0.3) is 5.65 Å². The molecular weight excluding hydrogens is 414 g/mol. The van der Waals surface area contributed by atoms with E-state index in [-0.39, 0.29) is 11.9 Å². The van der Waals surface area contributed by atoms with Crippen molar-refractivity contribution in [3.05, 3.63) is 41.5 Å². The van der Waals surface area contributed by atoms with Crippen molar-refractivity contribution in [3.8, 4) is 0 Å². The number of carbonyl (C=O) groups excluding carboxylic acids is 1. The lowest BCUT2D eigenvalue weighted by molar-refractivity contribution is 0.0605. The summed E-state index contributed by atoms with van der Waals surface area (Å²) < 4.78 is 3.90. The normalized spacial score (nSPS) is 22.0. The van der Waals surface area contributed by atoms with Crippen molar-refractivity contribution in [2.45, 2.75) is 76.8 Å². The molecule has 2 aliphatic heterocycles. The Morgan fingerprint density at radius 2 is 1.73 bits per heavy atom. The first-order valence-corrected chi connectivity index (χ1v) is 12.6. The number of aromatic nitrogens is 5. The Labute approximate surface area is 194 Å². The number of hydrogen-bond donors (Lipinski definition) is 0. The highest BCUT2D eigenvalue weighted by atomic mass is 16.2. The summed E-state index contributed by atoms with van der Waals surface area (Å²) in [6.07, 6.45) is 16.2. The van der Waals surface area contributed by atoms with Gasteiger partial charge in [0.15, 0.2) is 5.65 Å². The molecule has 2 saturated heterocycles. The number of likely N-dealkylation sites (tertiary alicyclic amines) is 1. The number of carbonyl (C=O) groups is 1. The largest absolute Gasteiger partial charge is 0.356 e. The van der Waals surface area contributed by atoms with Crippen LogP contribution in [0.15, 0.2) is 24.7 Å². The summed E-state index contributed by atoms with van der Waals surface area (Å²) in [7, 11) is 0. The molecule has 1 unspecified atom stereocenters. The highest BCUT2D eigenvalue weighted by Gasteiger charge is 2.32. The molecule has 1 aliphatic carbocycles. The molecule has 1 amide bonds. The minimum absolute atomic E-state index is 0.0154. The Morgan fingerprint density at radius 3 is 2.55 bits per heavy atom. The van der Waals surface area contributed by atoms with Crippen LogP contribution in [0, 0.1) is 6.92 Å². The number of aryl methyl sites for hydroxylation is 1. The van der Waals surface area contributed by atoms with Crippen molar-refractivity contribution < 1.29 is 4.79 Å². The van der Waals surface area contributed by atoms with Gasteiger partial charge in [-0.3, -0.25) is 9.48 Å². The van der Waals surface area contributed by atoms with E-state index in [1.165, 1.54) is 25.7 Å². The molecule has 6 rings (SSSR count). The van der Waals surface area contributed by atoms with E-state index in [2.05, 4.69) is 29.2 Å². The van der Waals surface area contributed by atoms with E-state index < -0.39 is 0 Å². The second kappa shape index (κ2) is 8.47. The van der Waals surface area contributed by atoms with E-state index in [4.69, 9.17) is 10.1 Å². The van der Waals surface area contributed by atoms with Crippen LogP contribution in [-0.4, -0.2) is 54.8 Å². The summed E-state index contributed by atoms with van der Waals surface area (Å²) in [5.41, 5.74) is 3.65. The van der Waals surface area contributed by atoms with E-state index in [0.29, 0.717) is 11.6 Å². The van der Waals surface area contributed by atoms with E-state index >= 15 is 0 Å². The maximum absolute atomic E-state index is 13.5. The van der Waals surface area contributed by atoms with Crippen LogP contribution in [0.5, 0.6) is 0 Å². The van der Waals surface area contributed by atoms with Crippen LogP contribution >= 0.6 is 0 Å². The first kappa shape index (κ1) is 20.7. The third kappa shape index (κ3) is 3.79. The third-order valence-electron chi connectivity index (χ3n) is 7.68. The van der Waals surface area contributed by atoms with Gasteiger partial charge >= 0.3 is 0 Å². The van der Waals surface area contributed by atoms with Gasteiger partial charge < -0.3 is 9.80 Å². The zero-order chi connectivity index (χ0) is 22.4. The van der Waals surface area contributed by atoms with Crippen LogP contribution in [0.2, 0.25) is 0 Å². The number of piperidine rings is 1. The van der Waals surface area contributed by atoms with Gasteiger partial charge in [-0.2, -0.15) is 10.2 Å². The number of nitrogens with zero attached hydrogens (tertiary/aromatic N) is 7. The summed E-state index contributed by atoms with van der Waals surface area (Å²) >= 11 is 0. The standard InChI is InChI=1S/C25H33N7O/c1-18-16-32-23(27-24(18)29-11-6-7-12-29)14-21(28-32)22-10-4-5-13-30(22)25(33)19-15-26-31(17-19)20-8-2-3-9-20/h14-17,20,22H,2-13H2,1H3. The second-order valence-electron chi connectivity index (χ2n) is 9.97. The van der Waals surface area contributed by atoms with Crippen molar-refractivity contribution >= 4 is 17.4 Å². The summed E-state index contributed by atoms with van der Waals surface area (Å²) in [5.74, 6) is 1.14. The summed E-state index contributed by atoms with van der Waals surface area (Å²) in [6, 6.07) is 2.51. The molecule has 1 atom stereocenters. The SMILES string of the molecule is Cc1cn2nc(C3CCCCN3C(=O)c3cnn(C4CCCC4)c3)cc2nc1N1CCCC1. The van der Waals surface area contributed by atoms with Crippen molar-refractivity contribution in [2.24, 2.45) is 0 Å². The van der Waals surface area contributed by atoms with Gasteiger partial charge in [-0.1, -0.05) is 12.8 Å². The number of rotatable bonds is 4. The molecule has 0 N–H and O–H groups in total. The predicted molar refractivity (Wildman–Crippen MR) is 127 cm³/mol. The number of fused-ring (bicyclic) bond motifs is 1. The first-order chi connectivity index (χ1) is 16.2. The van der Waals surface area contributed by atoms with E-state index in [1.54, 1.807) is 6.20 Å². The van der Waals surface area contributed by atoms with E-state index in [1.807, 2.05) is 20.3 Å². The Morgan fingerprint density at radius 1 is 0.970 bits per heavy atom.